The molecular weight excluding hydrogens is 238 g/mol. The number of benzene rings is 2. The molecule has 0 aliphatic rings. The highest BCUT2D eigenvalue weighted by atomic mass is 16.1. The summed E-state index contributed by atoms with van der Waals surface area (Å²) in [4.78, 5) is 16.2. The summed E-state index contributed by atoms with van der Waals surface area (Å²) >= 11 is 0. The van der Waals surface area contributed by atoms with Crippen molar-refractivity contribution in [1.82, 2.24) is 9.55 Å². The van der Waals surface area contributed by atoms with Crippen LogP contribution in [-0.2, 0) is 0 Å². The fraction of sp³-hybridized carbons (Fsp3) is 0.0667. The first-order valence-electron chi connectivity index (χ1n) is 6.01. The van der Waals surface area contributed by atoms with Crippen molar-refractivity contribution in [3.05, 3.63) is 64.6 Å². The molecule has 19 heavy (non-hydrogen) atoms. The van der Waals surface area contributed by atoms with E-state index in [1.807, 2.05) is 49.4 Å². The van der Waals surface area contributed by atoms with E-state index in [4.69, 9.17) is 5.73 Å². The van der Waals surface area contributed by atoms with E-state index in [1.54, 1.807) is 6.07 Å². The van der Waals surface area contributed by atoms with Crippen LogP contribution in [0.2, 0.25) is 0 Å². The molecule has 0 fully saturated rings. The van der Waals surface area contributed by atoms with E-state index < -0.39 is 0 Å². The number of aromatic nitrogens is 2. The van der Waals surface area contributed by atoms with Gasteiger partial charge in [0.25, 0.3) is 0 Å². The molecule has 0 aliphatic heterocycles. The van der Waals surface area contributed by atoms with Crippen molar-refractivity contribution in [3.63, 3.8) is 0 Å². The van der Waals surface area contributed by atoms with Crippen LogP contribution >= 0.6 is 0 Å². The summed E-state index contributed by atoms with van der Waals surface area (Å²) in [5, 5.41) is 0.780. The highest BCUT2D eigenvalue weighted by molar-refractivity contribution is 5.88. The second kappa shape index (κ2) is 4.24. The number of fused-ring (bicyclic) bond motifs is 1. The fourth-order valence-electron chi connectivity index (χ4n) is 2.11. The first-order chi connectivity index (χ1) is 9.16. The maximum atomic E-state index is 12.1. The molecule has 0 bridgehead atoms. The quantitative estimate of drug-likeness (QED) is 0.721. The molecule has 94 valence electrons. The van der Waals surface area contributed by atoms with Crippen LogP contribution in [0.15, 0.2) is 53.3 Å². The third kappa shape index (κ3) is 1.87. The summed E-state index contributed by atoms with van der Waals surface area (Å²) in [7, 11) is 0. The van der Waals surface area contributed by atoms with E-state index in [1.165, 1.54) is 4.57 Å². The van der Waals surface area contributed by atoms with Gasteiger partial charge >= 0.3 is 5.69 Å². The molecular formula is C15H13N3O. The van der Waals surface area contributed by atoms with Gasteiger partial charge in [-0.15, -0.1) is 0 Å². The number of nitrogen functional groups attached to an aromatic ring is 1. The van der Waals surface area contributed by atoms with Crippen LogP contribution in [0.1, 0.15) is 5.56 Å². The summed E-state index contributed by atoms with van der Waals surface area (Å²) in [6, 6.07) is 15.0. The van der Waals surface area contributed by atoms with Crippen LogP contribution in [-0.4, -0.2) is 9.55 Å². The van der Waals surface area contributed by atoms with Crippen LogP contribution in [0.4, 0.5) is 5.82 Å². The first-order valence-corrected chi connectivity index (χ1v) is 6.01. The lowest BCUT2D eigenvalue weighted by molar-refractivity contribution is 0.950. The molecule has 1 heterocycles. The van der Waals surface area contributed by atoms with Crippen LogP contribution in [0.5, 0.6) is 0 Å². The zero-order chi connectivity index (χ0) is 13.4. The summed E-state index contributed by atoms with van der Waals surface area (Å²) in [6.45, 7) is 1.99. The van der Waals surface area contributed by atoms with Gasteiger partial charge in [-0.05, 0) is 31.2 Å². The number of anilines is 1. The summed E-state index contributed by atoms with van der Waals surface area (Å²) in [5.74, 6) is 0.416. The van der Waals surface area contributed by atoms with Gasteiger partial charge < -0.3 is 5.73 Å². The molecule has 1 aromatic heterocycles. The minimum atomic E-state index is -0.361. The number of nitrogens with two attached hydrogens (primary N) is 1. The Morgan fingerprint density at radius 1 is 1.05 bits per heavy atom. The van der Waals surface area contributed by atoms with Crippen molar-refractivity contribution < 1.29 is 0 Å². The van der Waals surface area contributed by atoms with E-state index in [9.17, 15) is 4.79 Å². The van der Waals surface area contributed by atoms with Crippen molar-refractivity contribution in [3.8, 4) is 5.69 Å². The van der Waals surface area contributed by atoms with E-state index in [0.717, 1.165) is 16.6 Å². The monoisotopic (exact) mass is 251 g/mol. The molecule has 4 nitrogen and oxygen atoms in total. The minimum Gasteiger partial charge on any atom is -0.384 e. The van der Waals surface area contributed by atoms with Crippen LogP contribution in [0.3, 0.4) is 0 Å². The number of hydrogen-bond acceptors (Lipinski definition) is 3. The Labute approximate surface area is 110 Å². The van der Waals surface area contributed by atoms with Crippen molar-refractivity contribution in [2.24, 2.45) is 0 Å². The molecule has 3 rings (SSSR count). The topological polar surface area (TPSA) is 60.9 Å². The molecule has 0 atom stereocenters. The van der Waals surface area contributed by atoms with Crippen molar-refractivity contribution in [2.45, 2.75) is 6.92 Å². The fourth-order valence-corrected chi connectivity index (χ4v) is 2.11. The van der Waals surface area contributed by atoms with Crippen molar-refractivity contribution in [2.75, 3.05) is 5.73 Å². The number of rotatable bonds is 1. The predicted octanol–water partition coefficient (Wildman–Crippen LogP) is 2.28. The minimum absolute atomic E-state index is 0.361. The summed E-state index contributed by atoms with van der Waals surface area (Å²) < 4.78 is 1.43. The Kier molecular flexibility index (Phi) is 2.56. The van der Waals surface area contributed by atoms with E-state index in [-0.39, 0.29) is 5.69 Å². The largest absolute Gasteiger partial charge is 0.384 e. The number of aryl methyl sites for hydroxylation is 1. The molecule has 0 unspecified atom stereocenters. The summed E-state index contributed by atoms with van der Waals surface area (Å²) in [5.41, 5.74) is 8.23. The standard InChI is InChI=1S/C15H13N3O/c1-10-6-8-11(9-7-10)18-14(16)12-4-2-3-5-13(12)17-15(18)19/h2-9H,16H2,1H3. The number of nitrogens with zero attached hydrogens (tertiary/aromatic N) is 2. The van der Waals surface area contributed by atoms with Gasteiger partial charge in [-0.25, -0.2) is 9.36 Å². The molecule has 4 heteroatoms. The van der Waals surface area contributed by atoms with Gasteiger partial charge in [0.05, 0.1) is 11.2 Å². The Morgan fingerprint density at radius 2 is 1.74 bits per heavy atom. The van der Waals surface area contributed by atoms with Crippen molar-refractivity contribution in [1.29, 1.82) is 0 Å². The van der Waals surface area contributed by atoms with Gasteiger partial charge in [-0.3, -0.25) is 0 Å². The van der Waals surface area contributed by atoms with Gasteiger partial charge in [0.15, 0.2) is 0 Å². The second-order valence-corrected chi connectivity index (χ2v) is 4.47. The maximum absolute atomic E-state index is 12.1. The average Bonchev–Trinajstić information content (AvgIpc) is 2.41. The van der Waals surface area contributed by atoms with Crippen LogP contribution in [0, 0.1) is 6.92 Å². The van der Waals surface area contributed by atoms with Crippen molar-refractivity contribution >= 4 is 16.7 Å². The zero-order valence-corrected chi connectivity index (χ0v) is 10.5. The van der Waals surface area contributed by atoms with Gasteiger partial charge in [-0.2, -0.15) is 4.98 Å². The molecule has 0 amide bonds. The lowest BCUT2D eigenvalue weighted by Gasteiger charge is -2.11. The molecule has 0 saturated carbocycles. The molecule has 0 saturated heterocycles. The third-order valence-corrected chi connectivity index (χ3v) is 3.12. The second-order valence-electron chi connectivity index (χ2n) is 4.47. The SMILES string of the molecule is Cc1ccc(-n2c(N)c3ccccc3nc2=O)cc1. The van der Waals surface area contributed by atoms with E-state index in [2.05, 4.69) is 4.98 Å². The number of hydrogen-bond donors (Lipinski definition) is 1. The Hall–Kier alpha value is -2.62. The Bertz CT molecular complexity index is 804. The Morgan fingerprint density at radius 3 is 2.47 bits per heavy atom. The number of para-hydroxylation sites is 1. The highest BCUT2D eigenvalue weighted by Gasteiger charge is 2.09. The first kappa shape index (κ1) is 11.5. The maximum Gasteiger partial charge on any atom is 0.354 e. The van der Waals surface area contributed by atoms with Gasteiger partial charge in [-0.1, -0.05) is 29.8 Å². The zero-order valence-electron chi connectivity index (χ0n) is 10.5. The average molecular weight is 251 g/mol. The third-order valence-electron chi connectivity index (χ3n) is 3.12. The predicted molar refractivity (Wildman–Crippen MR) is 76.5 cm³/mol. The van der Waals surface area contributed by atoms with Crippen LogP contribution in [0.25, 0.3) is 16.6 Å². The van der Waals surface area contributed by atoms with Crippen LogP contribution < -0.4 is 11.4 Å². The van der Waals surface area contributed by atoms with E-state index in [0.29, 0.717) is 11.3 Å². The Balaban J connectivity index is 2.35. The van der Waals surface area contributed by atoms with Gasteiger partial charge in [0.2, 0.25) is 0 Å². The normalized spacial score (nSPS) is 10.8. The van der Waals surface area contributed by atoms with E-state index >= 15 is 0 Å². The molecule has 0 radical (unpaired) electrons. The summed E-state index contributed by atoms with van der Waals surface area (Å²) in [6.07, 6.45) is 0. The highest BCUT2D eigenvalue weighted by Crippen LogP contribution is 2.19. The molecule has 0 aliphatic carbocycles. The lowest BCUT2D eigenvalue weighted by atomic mass is 10.2. The molecule has 0 spiro atoms. The molecule has 3 aromatic rings. The molecule has 2 aromatic carbocycles. The van der Waals surface area contributed by atoms with Gasteiger partial charge in [0, 0.05) is 5.39 Å². The molecule has 2 N–H and O–H groups in total. The van der Waals surface area contributed by atoms with Gasteiger partial charge in [0.1, 0.15) is 5.82 Å². The smallest absolute Gasteiger partial charge is 0.354 e. The lowest BCUT2D eigenvalue weighted by Crippen LogP contribution is -2.24.